The summed E-state index contributed by atoms with van der Waals surface area (Å²) in [6.45, 7) is 0. The van der Waals surface area contributed by atoms with Crippen molar-refractivity contribution in [3.8, 4) is 11.8 Å². The number of halogens is 1. The first-order chi connectivity index (χ1) is 9.29. The minimum absolute atomic E-state index is 0.121. The molecule has 3 aromatic rings. The lowest BCUT2D eigenvalue weighted by atomic mass is 10.3. The van der Waals surface area contributed by atoms with Crippen LogP contribution in [-0.4, -0.2) is 19.7 Å². The third-order valence-electron chi connectivity index (χ3n) is 2.67. The normalized spacial score (nSPS) is 10.5. The van der Waals surface area contributed by atoms with Crippen LogP contribution in [-0.2, 0) is 6.42 Å². The van der Waals surface area contributed by atoms with Crippen LogP contribution < -0.4 is 0 Å². The molecular weight excluding hydrogens is 262 g/mol. The van der Waals surface area contributed by atoms with E-state index < -0.39 is 0 Å². The molecule has 0 bridgehead atoms. The molecule has 0 amide bonds. The minimum atomic E-state index is 0.121. The van der Waals surface area contributed by atoms with Crippen LogP contribution in [0.1, 0.15) is 5.82 Å². The summed E-state index contributed by atoms with van der Waals surface area (Å²) in [5.74, 6) is 0.401. The molecule has 0 atom stereocenters. The molecule has 2 heterocycles. The van der Waals surface area contributed by atoms with Crippen LogP contribution in [0.5, 0.6) is 0 Å². The van der Waals surface area contributed by atoms with Gasteiger partial charge in [-0.05, 0) is 12.1 Å². The Balaban J connectivity index is 2.25. The van der Waals surface area contributed by atoms with Gasteiger partial charge in [0.2, 0.25) is 0 Å². The van der Waals surface area contributed by atoms with Gasteiger partial charge in [-0.2, -0.15) is 10.4 Å². The molecule has 19 heavy (non-hydrogen) atoms. The van der Waals surface area contributed by atoms with Crippen LogP contribution in [0.2, 0.25) is 5.15 Å². The molecule has 92 valence electrons. The number of fused-ring (bicyclic) bond motifs is 1. The topological polar surface area (TPSA) is 67.4 Å². The second-order valence-corrected chi connectivity index (χ2v) is 4.25. The highest BCUT2D eigenvalue weighted by Gasteiger charge is 2.12. The van der Waals surface area contributed by atoms with Crippen molar-refractivity contribution >= 4 is 22.6 Å². The first-order valence-corrected chi connectivity index (χ1v) is 6.00. The van der Waals surface area contributed by atoms with E-state index in [-0.39, 0.29) is 6.42 Å². The minimum Gasteiger partial charge on any atom is -0.219 e. The van der Waals surface area contributed by atoms with Crippen LogP contribution in [0, 0.1) is 11.3 Å². The van der Waals surface area contributed by atoms with Crippen LogP contribution in [0.3, 0.4) is 0 Å². The molecule has 0 N–H and O–H groups in total. The number of nitrogens with zero attached hydrogens (tertiary/aromatic N) is 5. The number of benzene rings is 1. The molecule has 0 unspecified atom stereocenters. The van der Waals surface area contributed by atoms with Crippen molar-refractivity contribution < 1.29 is 0 Å². The highest BCUT2D eigenvalue weighted by molar-refractivity contribution is 6.33. The van der Waals surface area contributed by atoms with Crippen molar-refractivity contribution in [3.63, 3.8) is 0 Å². The molecule has 1 aromatic carbocycles. The van der Waals surface area contributed by atoms with E-state index in [1.807, 2.05) is 36.4 Å². The fraction of sp³-hybridized carbons (Fsp3) is 0.0769. The van der Waals surface area contributed by atoms with Gasteiger partial charge in [0.05, 0.1) is 29.8 Å². The average molecular weight is 270 g/mol. The van der Waals surface area contributed by atoms with Gasteiger partial charge in [-0.1, -0.05) is 29.8 Å². The monoisotopic (exact) mass is 269 g/mol. The third kappa shape index (κ3) is 2.02. The molecule has 0 radical (unpaired) electrons. The maximum atomic E-state index is 8.72. The first kappa shape index (κ1) is 11.6. The Morgan fingerprint density at radius 2 is 2.00 bits per heavy atom. The van der Waals surface area contributed by atoms with E-state index in [2.05, 4.69) is 15.1 Å². The zero-order chi connectivity index (χ0) is 13.2. The summed E-state index contributed by atoms with van der Waals surface area (Å²) in [7, 11) is 0. The van der Waals surface area contributed by atoms with Crippen molar-refractivity contribution in [2.24, 2.45) is 0 Å². The summed E-state index contributed by atoms with van der Waals surface area (Å²) in [5, 5.41) is 14.0. The molecule has 0 saturated heterocycles. The van der Waals surface area contributed by atoms with Gasteiger partial charge in [0.25, 0.3) is 0 Å². The van der Waals surface area contributed by atoms with Gasteiger partial charge in [0.1, 0.15) is 11.0 Å². The lowest BCUT2D eigenvalue weighted by molar-refractivity contribution is 0.885. The summed E-state index contributed by atoms with van der Waals surface area (Å²) >= 11 is 6.08. The molecule has 0 aliphatic rings. The summed E-state index contributed by atoms with van der Waals surface area (Å²) in [5.41, 5.74) is 1.49. The quantitative estimate of drug-likeness (QED) is 0.671. The zero-order valence-corrected chi connectivity index (χ0v) is 10.5. The van der Waals surface area contributed by atoms with E-state index in [4.69, 9.17) is 16.9 Å². The van der Waals surface area contributed by atoms with Gasteiger partial charge in [-0.25, -0.2) is 14.6 Å². The molecule has 0 saturated carbocycles. The summed E-state index contributed by atoms with van der Waals surface area (Å²) in [6.07, 6.45) is 1.75. The summed E-state index contributed by atoms with van der Waals surface area (Å²) in [4.78, 5) is 8.42. The van der Waals surface area contributed by atoms with Gasteiger partial charge in [0.15, 0.2) is 5.65 Å². The van der Waals surface area contributed by atoms with E-state index in [1.54, 1.807) is 10.9 Å². The average Bonchev–Trinajstić information content (AvgIpc) is 2.84. The van der Waals surface area contributed by atoms with Gasteiger partial charge in [-0.15, -0.1) is 0 Å². The summed E-state index contributed by atoms with van der Waals surface area (Å²) < 4.78 is 1.68. The summed E-state index contributed by atoms with van der Waals surface area (Å²) in [6, 6.07) is 11.6. The Morgan fingerprint density at radius 1 is 1.21 bits per heavy atom. The highest BCUT2D eigenvalue weighted by atomic mass is 35.5. The molecule has 0 aliphatic carbocycles. The van der Waals surface area contributed by atoms with Gasteiger partial charge in [0, 0.05) is 0 Å². The van der Waals surface area contributed by atoms with Crippen LogP contribution in [0.4, 0.5) is 0 Å². The molecule has 6 heteroatoms. The molecule has 0 spiro atoms. The van der Waals surface area contributed by atoms with Crippen molar-refractivity contribution in [2.45, 2.75) is 6.42 Å². The van der Waals surface area contributed by atoms with E-state index in [0.29, 0.717) is 22.0 Å². The van der Waals surface area contributed by atoms with E-state index in [1.165, 1.54) is 0 Å². The first-order valence-electron chi connectivity index (χ1n) is 5.62. The number of rotatable bonds is 2. The van der Waals surface area contributed by atoms with Gasteiger partial charge in [-0.3, -0.25) is 0 Å². The van der Waals surface area contributed by atoms with Crippen molar-refractivity contribution in [3.05, 3.63) is 47.5 Å². The fourth-order valence-corrected chi connectivity index (χ4v) is 2.05. The standard InChI is InChI=1S/C13H8ClN5/c14-12-10-8-16-19(9-4-2-1-3-5-9)13(10)18-11(17-12)6-7-15/h1-5,8H,6H2. The SMILES string of the molecule is N#CCc1nc(Cl)c2cnn(-c3ccccc3)c2n1. The second-order valence-electron chi connectivity index (χ2n) is 3.89. The predicted octanol–water partition coefficient (Wildman–Crippen LogP) is 2.53. The fourth-order valence-electron chi connectivity index (χ4n) is 1.82. The third-order valence-corrected chi connectivity index (χ3v) is 2.95. The Bertz CT molecular complexity index is 773. The second kappa shape index (κ2) is 4.67. The number of nitriles is 1. The van der Waals surface area contributed by atoms with E-state index >= 15 is 0 Å². The maximum Gasteiger partial charge on any atom is 0.168 e. The van der Waals surface area contributed by atoms with Crippen molar-refractivity contribution in [1.82, 2.24) is 19.7 Å². The molecule has 3 rings (SSSR count). The largest absolute Gasteiger partial charge is 0.219 e. The molecule has 0 aliphatic heterocycles. The molecule has 2 aromatic heterocycles. The zero-order valence-electron chi connectivity index (χ0n) is 9.79. The number of aromatic nitrogens is 4. The van der Waals surface area contributed by atoms with E-state index in [9.17, 15) is 0 Å². The smallest absolute Gasteiger partial charge is 0.168 e. The Kier molecular flexibility index (Phi) is 2.86. The maximum absolute atomic E-state index is 8.72. The Morgan fingerprint density at radius 3 is 2.74 bits per heavy atom. The predicted molar refractivity (Wildman–Crippen MR) is 71.0 cm³/mol. The van der Waals surface area contributed by atoms with Crippen LogP contribution >= 0.6 is 11.6 Å². The van der Waals surface area contributed by atoms with Crippen LogP contribution in [0.15, 0.2) is 36.5 Å². The van der Waals surface area contributed by atoms with Crippen molar-refractivity contribution in [2.75, 3.05) is 0 Å². The molecular formula is C13H8ClN5. The van der Waals surface area contributed by atoms with Gasteiger partial charge >= 0.3 is 0 Å². The number of hydrogen-bond donors (Lipinski definition) is 0. The molecule has 5 nitrogen and oxygen atoms in total. The van der Waals surface area contributed by atoms with Crippen molar-refractivity contribution in [1.29, 1.82) is 5.26 Å². The molecule has 0 fully saturated rings. The van der Waals surface area contributed by atoms with E-state index in [0.717, 1.165) is 5.69 Å². The number of para-hydroxylation sites is 1. The van der Waals surface area contributed by atoms with Gasteiger partial charge < -0.3 is 0 Å². The lowest BCUT2D eigenvalue weighted by Crippen LogP contribution is -2.01. The van der Waals surface area contributed by atoms with Crippen LogP contribution in [0.25, 0.3) is 16.7 Å². The lowest BCUT2D eigenvalue weighted by Gasteiger charge is -2.03. The Labute approximate surface area is 114 Å². The number of hydrogen-bond acceptors (Lipinski definition) is 4. The highest BCUT2D eigenvalue weighted by Crippen LogP contribution is 2.22. The Hall–Kier alpha value is -2.45.